The van der Waals surface area contributed by atoms with E-state index in [2.05, 4.69) is 10.2 Å². The van der Waals surface area contributed by atoms with Crippen LogP contribution in [-0.2, 0) is 14.3 Å². The molecule has 1 fully saturated rings. The molecule has 0 radical (unpaired) electrons. The predicted molar refractivity (Wildman–Crippen MR) is 89.3 cm³/mol. The quantitative estimate of drug-likeness (QED) is 0.883. The highest BCUT2D eigenvalue weighted by Gasteiger charge is 2.26. The van der Waals surface area contributed by atoms with Gasteiger partial charge in [0.1, 0.15) is 0 Å². The average molecular weight is 319 g/mol. The largest absolute Gasteiger partial charge is 0.379 e. The first kappa shape index (κ1) is 17.4. The Balaban J connectivity index is 1.84. The number of rotatable bonds is 5. The number of hydrogen-bond acceptors (Lipinski definition) is 4. The van der Waals surface area contributed by atoms with E-state index >= 15 is 0 Å². The van der Waals surface area contributed by atoms with Crippen LogP contribution in [0.3, 0.4) is 0 Å². The minimum atomic E-state index is -0.240. The molecule has 1 heterocycles. The van der Waals surface area contributed by atoms with E-state index in [-0.39, 0.29) is 24.4 Å². The summed E-state index contributed by atoms with van der Waals surface area (Å²) in [4.78, 5) is 28.1. The molecule has 1 aromatic rings. The van der Waals surface area contributed by atoms with Crippen LogP contribution < -0.4 is 5.32 Å². The van der Waals surface area contributed by atoms with Crippen molar-refractivity contribution in [1.29, 1.82) is 0 Å². The van der Waals surface area contributed by atoms with E-state index in [0.29, 0.717) is 13.2 Å². The second-order valence-corrected chi connectivity index (χ2v) is 5.93. The van der Waals surface area contributed by atoms with Crippen molar-refractivity contribution in [3.05, 3.63) is 29.8 Å². The molecule has 0 aliphatic carbocycles. The molecule has 1 aliphatic heterocycles. The lowest BCUT2D eigenvalue weighted by Gasteiger charge is -2.33. The summed E-state index contributed by atoms with van der Waals surface area (Å²) < 4.78 is 5.30. The molecule has 1 aliphatic rings. The maximum absolute atomic E-state index is 12.4. The standard InChI is InChI=1S/C17H25N3O3/c1-13-4-6-15(7-5-13)18-16(21)12-19(3)17(22)14(2)20-8-10-23-11-9-20/h4-7,14H,8-12H2,1-3H3,(H,18,21)/t14-/m0/s1. The fourth-order valence-corrected chi connectivity index (χ4v) is 2.57. The van der Waals surface area contributed by atoms with E-state index in [1.54, 1.807) is 7.05 Å². The number of nitrogens with one attached hydrogen (secondary N) is 1. The number of morpholine rings is 1. The number of carbonyl (C=O) groups excluding carboxylic acids is 2. The Hall–Kier alpha value is -1.92. The van der Waals surface area contributed by atoms with Gasteiger partial charge < -0.3 is 15.0 Å². The van der Waals surface area contributed by atoms with Crippen LogP contribution in [0.1, 0.15) is 12.5 Å². The minimum absolute atomic E-state index is 0.0430. The molecular weight excluding hydrogens is 294 g/mol. The van der Waals surface area contributed by atoms with Gasteiger partial charge in [0.2, 0.25) is 11.8 Å². The third kappa shape index (κ3) is 5.04. The molecule has 1 N–H and O–H groups in total. The van der Waals surface area contributed by atoms with Crippen LogP contribution in [0.5, 0.6) is 0 Å². The molecule has 6 heteroatoms. The first-order chi connectivity index (χ1) is 11.0. The third-order valence-corrected chi connectivity index (χ3v) is 4.04. The zero-order valence-electron chi connectivity index (χ0n) is 14.0. The fourth-order valence-electron chi connectivity index (χ4n) is 2.57. The molecule has 126 valence electrons. The number of anilines is 1. The maximum atomic E-state index is 12.4. The first-order valence-corrected chi connectivity index (χ1v) is 7.90. The van der Waals surface area contributed by atoms with Gasteiger partial charge in [-0.3, -0.25) is 14.5 Å². The Kier molecular flexibility index (Phi) is 6.12. The van der Waals surface area contributed by atoms with Crippen molar-refractivity contribution in [2.75, 3.05) is 45.2 Å². The molecule has 2 rings (SSSR count). The zero-order chi connectivity index (χ0) is 16.8. The second-order valence-electron chi connectivity index (χ2n) is 5.93. The summed E-state index contributed by atoms with van der Waals surface area (Å²) in [6.45, 7) is 6.70. The van der Waals surface area contributed by atoms with E-state index in [0.717, 1.165) is 24.3 Å². The molecular formula is C17H25N3O3. The van der Waals surface area contributed by atoms with E-state index in [4.69, 9.17) is 4.74 Å². The van der Waals surface area contributed by atoms with Gasteiger partial charge in [-0.1, -0.05) is 17.7 Å². The number of hydrogen-bond donors (Lipinski definition) is 1. The number of benzene rings is 1. The van der Waals surface area contributed by atoms with Crippen molar-refractivity contribution in [2.45, 2.75) is 19.9 Å². The molecule has 6 nitrogen and oxygen atoms in total. The smallest absolute Gasteiger partial charge is 0.243 e. The summed E-state index contributed by atoms with van der Waals surface area (Å²) in [5.74, 6) is -0.246. The summed E-state index contributed by atoms with van der Waals surface area (Å²) in [5.41, 5.74) is 1.87. The van der Waals surface area contributed by atoms with Crippen molar-refractivity contribution in [1.82, 2.24) is 9.80 Å². The van der Waals surface area contributed by atoms with E-state index < -0.39 is 0 Å². The van der Waals surface area contributed by atoms with Crippen LogP contribution in [0.4, 0.5) is 5.69 Å². The molecule has 0 spiro atoms. The van der Waals surface area contributed by atoms with Crippen molar-refractivity contribution in [3.63, 3.8) is 0 Å². The fraction of sp³-hybridized carbons (Fsp3) is 0.529. The highest BCUT2D eigenvalue weighted by atomic mass is 16.5. The Bertz CT molecular complexity index is 539. The van der Waals surface area contributed by atoms with Crippen molar-refractivity contribution in [2.24, 2.45) is 0 Å². The summed E-state index contributed by atoms with van der Waals surface area (Å²) in [5, 5.41) is 2.81. The lowest BCUT2D eigenvalue weighted by Crippen LogP contribution is -2.51. The van der Waals surface area contributed by atoms with Crippen LogP contribution >= 0.6 is 0 Å². The molecule has 1 aromatic carbocycles. The van der Waals surface area contributed by atoms with Gasteiger partial charge in [0.15, 0.2) is 0 Å². The van der Waals surface area contributed by atoms with Crippen LogP contribution in [-0.4, -0.2) is 67.6 Å². The van der Waals surface area contributed by atoms with Crippen LogP contribution in [0.15, 0.2) is 24.3 Å². The van der Waals surface area contributed by atoms with E-state index in [9.17, 15) is 9.59 Å². The molecule has 0 aromatic heterocycles. The number of aryl methyl sites for hydroxylation is 1. The molecule has 1 atom stereocenters. The number of amides is 2. The van der Waals surface area contributed by atoms with Gasteiger partial charge in [0.05, 0.1) is 25.8 Å². The normalized spacial score (nSPS) is 16.7. The van der Waals surface area contributed by atoms with Gasteiger partial charge in [0, 0.05) is 25.8 Å². The molecule has 0 bridgehead atoms. The van der Waals surface area contributed by atoms with Gasteiger partial charge >= 0.3 is 0 Å². The zero-order valence-corrected chi connectivity index (χ0v) is 14.0. The van der Waals surface area contributed by atoms with E-state index in [1.165, 1.54) is 4.90 Å². The predicted octanol–water partition coefficient (Wildman–Crippen LogP) is 1.11. The van der Waals surface area contributed by atoms with Crippen molar-refractivity contribution < 1.29 is 14.3 Å². The molecule has 0 saturated carbocycles. The highest BCUT2D eigenvalue weighted by Crippen LogP contribution is 2.09. The second kappa shape index (κ2) is 8.08. The monoisotopic (exact) mass is 319 g/mol. The van der Waals surface area contributed by atoms with Crippen molar-refractivity contribution >= 4 is 17.5 Å². The molecule has 23 heavy (non-hydrogen) atoms. The number of nitrogens with zero attached hydrogens (tertiary/aromatic N) is 2. The highest BCUT2D eigenvalue weighted by molar-refractivity contribution is 5.95. The van der Waals surface area contributed by atoms with Gasteiger partial charge in [-0.25, -0.2) is 0 Å². The number of likely N-dealkylation sites (N-methyl/N-ethyl adjacent to an activating group) is 1. The van der Waals surface area contributed by atoms with Crippen LogP contribution in [0, 0.1) is 6.92 Å². The number of carbonyl (C=O) groups is 2. The Labute approximate surface area is 137 Å². The van der Waals surface area contributed by atoms with Gasteiger partial charge in [-0.05, 0) is 26.0 Å². The van der Waals surface area contributed by atoms with Crippen LogP contribution in [0.2, 0.25) is 0 Å². The third-order valence-electron chi connectivity index (χ3n) is 4.04. The molecule has 0 unspecified atom stereocenters. The van der Waals surface area contributed by atoms with Gasteiger partial charge in [-0.2, -0.15) is 0 Å². The summed E-state index contributed by atoms with van der Waals surface area (Å²) in [7, 11) is 1.66. The first-order valence-electron chi connectivity index (χ1n) is 7.90. The van der Waals surface area contributed by atoms with Gasteiger partial charge in [-0.15, -0.1) is 0 Å². The Morgan fingerprint density at radius 3 is 2.48 bits per heavy atom. The van der Waals surface area contributed by atoms with Gasteiger partial charge in [0.25, 0.3) is 0 Å². The lowest BCUT2D eigenvalue weighted by molar-refractivity contribution is -0.139. The molecule has 1 saturated heterocycles. The number of ether oxygens (including phenoxy) is 1. The maximum Gasteiger partial charge on any atom is 0.243 e. The van der Waals surface area contributed by atoms with E-state index in [1.807, 2.05) is 38.1 Å². The topological polar surface area (TPSA) is 61.9 Å². The summed E-state index contributed by atoms with van der Waals surface area (Å²) in [6.07, 6.45) is 0. The lowest BCUT2D eigenvalue weighted by atomic mass is 10.2. The summed E-state index contributed by atoms with van der Waals surface area (Å²) in [6, 6.07) is 7.34. The van der Waals surface area contributed by atoms with Crippen LogP contribution in [0.25, 0.3) is 0 Å². The molecule has 2 amide bonds. The SMILES string of the molecule is Cc1ccc(NC(=O)CN(C)C(=O)[C@H](C)N2CCOCC2)cc1. The summed E-state index contributed by atoms with van der Waals surface area (Å²) >= 11 is 0. The minimum Gasteiger partial charge on any atom is -0.379 e. The Morgan fingerprint density at radius 2 is 1.87 bits per heavy atom. The average Bonchev–Trinajstić information content (AvgIpc) is 2.56. The van der Waals surface area contributed by atoms with Crippen molar-refractivity contribution in [3.8, 4) is 0 Å². The Morgan fingerprint density at radius 1 is 1.26 bits per heavy atom.